The van der Waals surface area contributed by atoms with Crippen LogP contribution in [0, 0.1) is 5.82 Å². The third kappa shape index (κ3) is 4.83. The van der Waals surface area contributed by atoms with E-state index in [4.69, 9.17) is 14.2 Å². The Morgan fingerprint density at radius 2 is 1.73 bits per heavy atom. The topological polar surface area (TPSA) is 84.9 Å². The van der Waals surface area contributed by atoms with Gasteiger partial charge in [0.15, 0.2) is 28.8 Å². The molecule has 0 aliphatic heterocycles. The minimum atomic E-state index is -1.37. The summed E-state index contributed by atoms with van der Waals surface area (Å²) in [6, 6.07) is 8.64. The summed E-state index contributed by atoms with van der Waals surface area (Å²) in [7, 11) is 2.73. The molecule has 0 fully saturated rings. The zero-order valence-corrected chi connectivity index (χ0v) is 14.2. The molecule has 0 heterocycles. The van der Waals surface area contributed by atoms with Crippen molar-refractivity contribution >= 4 is 17.8 Å². The van der Waals surface area contributed by atoms with Crippen molar-refractivity contribution in [2.75, 3.05) is 20.8 Å². The van der Waals surface area contributed by atoms with Crippen LogP contribution >= 0.6 is 0 Å². The summed E-state index contributed by atoms with van der Waals surface area (Å²) in [5.41, 5.74) is 0.797. The van der Waals surface area contributed by atoms with Gasteiger partial charge in [-0.05, 0) is 42.0 Å². The number of hydrogen-bond donors (Lipinski definition) is 0. The van der Waals surface area contributed by atoms with E-state index < -0.39 is 18.4 Å². The van der Waals surface area contributed by atoms with Gasteiger partial charge in [0.2, 0.25) is 0 Å². The lowest BCUT2D eigenvalue weighted by Crippen LogP contribution is -2.29. The summed E-state index contributed by atoms with van der Waals surface area (Å²) in [6.07, 6.45) is 2.76. The van der Waals surface area contributed by atoms with Crippen LogP contribution in [0.25, 0.3) is 6.08 Å². The Labute approximate surface area is 149 Å². The number of ether oxygens (including phenoxy) is 3. The van der Waals surface area contributed by atoms with E-state index in [0.717, 1.165) is 0 Å². The van der Waals surface area contributed by atoms with Crippen molar-refractivity contribution in [1.82, 2.24) is 0 Å². The molecule has 26 heavy (non-hydrogen) atoms. The molecule has 2 rings (SSSR count). The first kappa shape index (κ1) is 19.0. The van der Waals surface area contributed by atoms with Crippen LogP contribution in [0.2, 0.25) is 0 Å². The molecular weight excluding hydrogens is 343 g/mol. The van der Waals surface area contributed by atoms with Gasteiger partial charge in [-0.2, -0.15) is 0 Å². The number of carboxylic acids is 1. The average molecular weight is 359 g/mol. The fourth-order valence-electron chi connectivity index (χ4n) is 2.13. The molecule has 0 bridgehead atoms. The van der Waals surface area contributed by atoms with Crippen molar-refractivity contribution in [3.63, 3.8) is 0 Å². The smallest absolute Gasteiger partial charge is 0.185 e. The van der Waals surface area contributed by atoms with Gasteiger partial charge in [-0.1, -0.05) is 12.1 Å². The average Bonchev–Trinajstić information content (AvgIpc) is 2.64. The Bertz CT molecular complexity index is 844. The predicted octanol–water partition coefficient (Wildman–Crippen LogP) is 1.87. The van der Waals surface area contributed by atoms with E-state index >= 15 is 0 Å². The molecule has 0 saturated carbocycles. The van der Waals surface area contributed by atoms with Crippen molar-refractivity contribution in [2.45, 2.75) is 0 Å². The quantitative estimate of drug-likeness (QED) is 0.528. The molecule has 0 aromatic heterocycles. The van der Waals surface area contributed by atoms with Gasteiger partial charge in [0.1, 0.15) is 6.61 Å². The molecule has 136 valence electrons. The van der Waals surface area contributed by atoms with Crippen molar-refractivity contribution in [1.29, 1.82) is 0 Å². The molecule has 0 aliphatic rings. The number of allylic oxidation sites excluding steroid dienone is 1. The van der Waals surface area contributed by atoms with Crippen LogP contribution < -0.4 is 19.3 Å². The number of rotatable bonds is 8. The van der Waals surface area contributed by atoms with Crippen molar-refractivity contribution in [3.8, 4) is 17.2 Å². The first-order chi connectivity index (χ1) is 12.4. The van der Waals surface area contributed by atoms with E-state index in [9.17, 15) is 19.1 Å². The number of ketones is 1. The van der Waals surface area contributed by atoms with E-state index in [1.54, 1.807) is 6.07 Å². The summed E-state index contributed by atoms with van der Waals surface area (Å²) in [5.74, 6) is -1.74. The maximum Gasteiger partial charge on any atom is 0.185 e. The molecule has 0 amide bonds. The molecule has 2 aromatic carbocycles. The minimum absolute atomic E-state index is 0.116. The minimum Gasteiger partial charge on any atom is -0.546 e. The molecule has 0 saturated heterocycles. The highest BCUT2D eigenvalue weighted by Gasteiger charge is 2.10. The summed E-state index contributed by atoms with van der Waals surface area (Å²) in [5, 5.41) is 10.5. The highest BCUT2D eigenvalue weighted by atomic mass is 19.1. The van der Waals surface area contributed by atoms with E-state index in [1.807, 2.05) is 0 Å². The van der Waals surface area contributed by atoms with Gasteiger partial charge in [-0.25, -0.2) is 4.39 Å². The molecule has 0 radical (unpaired) electrons. The maximum absolute atomic E-state index is 13.6. The SMILES string of the molecule is COc1ccc(/C=C/C(=O)c2ccc(OCC(=O)[O-])c(OC)c2)cc1F. The fourth-order valence-corrected chi connectivity index (χ4v) is 2.13. The van der Waals surface area contributed by atoms with Crippen molar-refractivity contribution in [3.05, 3.63) is 59.4 Å². The fraction of sp³-hybridized carbons (Fsp3) is 0.158. The molecule has 0 unspecified atom stereocenters. The van der Waals surface area contributed by atoms with Crippen LogP contribution in [0.3, 0.4) is 0 Å². The van der Waals surface area contributed by atoms with E-state index in [1.165, 1.54) is 56.7 Å². The number of benzene rings is 2. The van der Waals surface area contributed by atoms with E-state index in [0.29, 0.717) is 11.1 Å². The second-order valence-electron chi connectivity index (χ2n) is 5.12. The zero-order chi connectivity index (χ0) is 19.1. The van der Waals surface area contributed by atoms with Crippen LogP contribution in [0.4, 0.5) is 4.39 Å². The Morgan fingerprint density at radius 1 is 1.04 bits per heavy atom. The van der Waals surface area contributed by atoms with Crippen LogP contribution in [-0.4, -0.2) is 32.6 Å². The normalized spacial score (nSPS) is 10.6. The lowest BCUT2D eigenvalue weighted by molar-refractivity contribution is -0.307. The Kier molecular flexibility index (Phi) is 6.32. The molecule has 6 nitrogen and oxygen atoms in total. The number of hydrogen-bond acceptors (Lipinski definition) is 6. The summed E-state index contributed by atoms with van der Waals surface area (Å²) < 4.78 is 28.6. The number of aliphatic carboxylic acids is 1. The van der Waals surface area contributed by atoms with Gasteiger partial charge in [0, 0.05) is 5.56 Å². The largest absolute Gasteiger partial charge is 0.546 e. The van der Waals surface area contributed by atoms with Gasteiger partial charge in [-0.3, -0.25) is 4.79 Å². The second-order valence-corrected chi connectivity index (χ2v) is 5.12. The molecule has 2 aromatic rings. The number of carbonyl (C=O) groups is 2. The molecule has 0 spiro atoms. The van der Waals surface area contributed by atoms with Crippen molar-refractivity contribution < 1.29 is 33.3 Å². The number of carboxylic acid groups (broad SMARTS) is 1. The van der Waals surface area contributed by atoms with Crippen LogP contribution in [0.15, 0.2) is 42.5 Å². The lowest BCUT2D eigenvalue weighted by Gasteiger charge is -2.11. The highest BCUT2D eigenvalue weighted by molar-refractivity contribution is 6.07. The van der Waals surface area contributed by atoms with Gasteiger partial charge >= 0.3 is 0 Å². The molecule has 0 N–H and O–H groups in total. The number of halogens is 1. The maximum atomic E-state index is 13.6. The monoisotopic (exact) mass is 359 g/mol. The second kappa shape index (κ2) is 8.66. The van der Waals surface area contributed by atoms with E-state index in [-0.39, 0.29) is 23.0 Å². The van der Waals surface area contributed by atoms with Crippen LogP contribution in [-0.2, 0) is 4.79 Å². The summed E-state index contributed by atoms with van der Waals surface area (Å²) in [4.78, 5) is 22.7. The van der Waals surface area contributed by atoms with Crippen molar-refractivity contribution in [2.24, 2.45) is 0 Å². The Balaban J connectivity index is 2.16. The van der Waals surface area contributed by atoms with Gasteiger partial charge < -0.3 is 24.1 Å². The summed E-state index contributed by atoms with van der Waals surface area (Å²) >= 11 is 0. The Morgan fingerprint density at radius 3 is 2.35 bits per heavy atom. The molecule has 0 atom stereocenters. The standard InChI is InChI=1S/C19H17FO6/c1-24-16-7-4-12(9-14(16)20)3-6-15(21)13-5-8-17(18(10-13)25-2)26-11-19(22)23/h3-10H,11H2,1-2H3,(H,22,23)/p-1/b6-3+. The molecule has 7 heteroatoms. The van der Waals surface area contributed by atoms with Gasteiger partial charge in [-0.15, -0.1) is 0 Å². The third-order valence-electron chi connectivity index (χ3n) is 3.40. The predicted molar refractivity (Wildman–Crippen MR) is 89.8 cm³/mol. The Hall–Kier alpha value is -3.35. The lowest BCUT2D eigenvalue weighted by atomic mass is 10.1. The van der Waals surface area contributed by atoms with Crippen LogP contribution in [0.5, 0.6) is 17.2 Å². The zero-order valence-electron chi connectivity index (χ0n) is 14.2. The number of carbonyl (C=O) groups excluding carboxylic acids is 2. The van der Waals surface area contributed by atoms with Gasteiger partial charge in [0.25, 0.3) is 0 Å². The first-order valence-electron chi connectivity index (χ1n) is 7.51. The van der Waals surface area contributed by atoms with Gasteiger partial charge in [0.05, 0.1) is 20.2 Å². The summed E-state index contributed by atoms with van der Waals surface area (Å²) in [6.45, 7) is -0.632. The van der Waals surface area contributed by atoms with Crippen LogP contribution in [0.1, 0.15) is 15.9 Å². The third-order valence-corrected chi connectivity index (χ3v) is 3.40. The van der Waals surface area contributed by atoms with E-state index in [2.05, 4.69) is 0 Å². The molecule has 0 aliphatic carbocycles. The molecular formula is C19H16FO6-. The first-order valence-corrected chi connectivity index (χ1v) is 7.51. The highest BCUT2D eigenvalue weighted by Crippen LogP contribution is 2.28. The number of methoxy groups -OCH3 is 2.